The van der Waals surface area contributed by atoms with Crippen molar-refractivity contribution in [2.24, 2.45) is 0 Å². The summed E-state index contributed by atoms with van der Waals surface area (Å²) in [5, 5.41) is 10.6. The first-order valence-electron chi connectivity index (χ1n) is 4.63. The Morgan fingerprint density at radius 2 is 2.35 bits per heavy atom. The van der Waals surface area contributed by atoms with Crippen LogP contribution in [0.25, 0.3) is 0 Å². The van der Waals surface area contributed by atoms with E-state index in [2.05, 4.69) is 25.7 Å². The molecule has 1 aromatic rings. The highest BCUT2D eigenvalue weighted by Crippen LogP contribution is 2.40. The van der Waals surface area contributed by atoms with Crippen LogP contribution < -0.4 is 0 Å². The van der Waals surface area contributed by atoms with Crippen molar-refractivity contribution in [1.29, 1.82) is 0 Å². The second kappa shape index (κ2) is 5.36. The molecule has 0 bridgehead atoms. The Labute approximate surface area is 109 Å². The molecule has 0 saturated heterocycles. The van der Waals surface area contributed by atoms with Crippen LogP contribution in [0, 0.1) is 0 Å². The molecule has 0 amide bonds. The molecule has 1 unspecified atom stereocenters. The summed E-state index contributed by atoms with van der Waals surface area (Å²) < 4.78 is 31.9. The Hall–Kier alpha value is -0.600. The standard InChI is InChI=1S/C9H10BrF2NO3S/c1-2-16-7(14)9(11,12)8(15,5-10)6-13-3-4-17-6/h3-4,15H,2,5H2,1H3. The Morgan fingerprint density at radius 3 is 2.76 bits per heavy atom. The van der Waals surface area contributed by atoms with Gasteiger partial charge in [0, 0.05) is 16.9 Å². The van der Waals surface area contributed by atoms with Crippen LogP contribution in [0.3, 0.4) is 0 Å². The van der Waals surface area contributed by atoms with Crippen molar-refractivity contribution in [2.45, 2.75) is 18.4 Å². The van der Waals surface area contributed by atoms with Crippen LogP contribution in [-0.2, 0) is 15.1 Å². The van der Waals surface area contributed by atoms with Gasteiger partial charge in [-0.1, -0.05) is 15.9 Å². The van der Waals surface area contributed by atoms with E-state index in [-0.39, 0.29) is 11.6 Å². The minimum atomic E-state index is -4.07. The molecule has 0 saturated carbocycles. The number of carbonyl (C=O) groups is 1. The molecule has 8 heteroatoms. The first-order valence-corrected chi connectivity index (χ1v) is 6.63. The maximum atomic E-state index is 13.8. The molecule has 1 heterocycles. The molecule has 17 heavy (non-hydrogen) atoms. The van der Waals surface area contributed by atoms with Gasteiger partial charge < -0.3 is 9.84 Å². The lowest BCUT2D eigenvalue weighted by Gasteiger charge is -2.30. The number of carbonyl (C=O) groups excluding carboxylic acids is 1. The summed E-state index contributed by atoms with van der Waals surface area (Å²) in [5.74, 6) is -5.83. The third-order valence-electron chi connectivity index (χ3n) is 2.03. The number of aliphatic hydroxyl groups is 1. The van der Waals surface area contributed by atoms with Crippen molar-refractivity contribution in [3.05, 3.63) is 16.6 Å². The van der Waals surface area contributed by atoms with Gasteiger partial charge in [0.25, 0.3) is 0 Å². The van der Waals surface area contributed by atoms with Crippen LogP contribution >= 0.6 is 27.3 Å². The van der Waals surface area contributed by atoms with Crippen molar-refractivity contribution in [2.75, 3.05) is 11.9 Å². The molecule has 1 N–H and O–H groups in total. The topological polar surface area (TPSA) is 59.4 Å². The van der Waals surface area contributed by atoms with E-state index in [4.69, 9.17) is 0 Å². The summed E-state index contributed by atoms with van der Waals surface area (Å²) in [6.45, 7) is 1.22. The molecule has 96 valence electrons. The van der Waals surface area contributed by atoms with E-state index in [0.29, 0.717) is 0 Å². The minimum absolute atomic E-state index is 0.190. The van der Waals surface area contributed by atoms with Gasteiger partial charge in [-0.05, 0) is 6.92 Å². The molecule has 0 aliphatic carbocycles. The Bertz CT molecular complexity index is 388. The number of rotatable bonds is 5. The monoisotopic (exact) mass is 329 g/mol. The Kier molecular flexibility index (Phi) is 4.56. The lowest BCUT2D eigenvalue weighted by atomic mass is 9.99. The summed E-state index contributed by atoms with van der Waals surface area (Å²) in [7, 11) is 0. The number of alkyl halides is 3. The number of thiazole rings is 1. The van der Waals surface area contributed by atoms with E-state index in [9.17, 15) is 18.7 Å². The van der Waals surface area contributed by atoms with Crippen LogP contribution in [0.4, 0.5) is 8.78 Å². The summed E-state index contributed by atoms with van der Waals surface area (Å²) in [6, 6.07) is 0. The lowest BCUT2D eigenvalue weighted by Crippen LogP contribution is -2.52. The van der Waals surface area contributed by atoms with Crippen molar-refractivity contribution in [3.8, 4) is 0 Å². The fraction of sp³-hybridized carbons (Fsp3) is 0.556. The fourth-order valence-electron chi connectivity index (χ4n) is 1.09. The number of hydrogen-bond acceptors (Lipinski definition) is 5. The number of ether oxygens (including phenoxy) is 1. The van der Waals surface area contributed by atoms with E-state index in [1.165, 1.54) is 18.5 Å². The molecular formula is C9H10BrF2NO3S. The van der Waals surface area contributed by atoms with Gasteiger partial charge in [0.2, 0.25) is 5.60 Å². The third-order valence-corrected chi connectivity index (χ3v) is 3.77. The van der Waals surface area contributed by atoms with Gasteiger partial charge in [-0.2, -0.15) is 8.78 Å². The Balaban J connectivity index is 3.12. The van der Waals surface area contributed by atoms with Crippen molar-refractivity contribution in [3.63, 3.8) is 0 Å². The number of esters is 1. The number of aromatic nitrogens is 1. The molecule has 1 atom stereocenters. The SMILES string of the molecule is CCOC(=O)C(F)(F)C(O)(CBr)c1nccs1. The zero-order chi connectivity index (χ0) is 13.1. The smallest absolute Gasteiger partial charge is 0.380 e. The van der Waals surface area contributed by atoms with E-state index in [1.807, 2.05) is 0 Å². The predicted octanol–water partition coefficient (Wildman–Crippen LogP) is 1.92. The fourth-order valence-corrected chi connectivity index (χ4v) is 2.66. The molecule has 0 spiro atoms. The number of nitrogens with zero attached hydrogens (tertiary/aromatic N) is 1. The van der Waals surface area contributed by atoms with E-state index >= 15 is 0 Å². The normalized spacial score (nSPS) is 15.4. The molecule has 0 aliphatic heterocycles. The average molecular weight is 330 g/mol. The van der Waals surface area contributed by atoms with Gasteiger partial charge in [0.15, 0.2) is 0 Å². The van der Waals surface area contributed by atoms with Gasteiger partial charge in [0.1, 0.15) is 5.01 Å². The van der Waals surface area contributed by atoms with Crippen LogP contribution in [-0.4, -0.2) is 33.9 Å². The second-order valence-electron chi connectivity index (χ2n) is 3.13. The Morgan fingerprint density at radius 1 is 1.71 bits per heavy atom. The van der Waals surface area contributed by atoms with Crippen LogP contribution in [0.1, 0.15) is 11.9 Å². The summed E-state index contributed by atoms with van der Waals surface area (Å²) in [5.41, 5.74) is -2.70. The first-order chi connectivity index (χ1) is 7.90. The van der Waals surface area contributed by atoms with E-state index in [1.54, 1.807) is 0 Å². The van der Waals surface area contributed by atoms with Gasteiger partial charge in [-0.15, -0.1) is 11.3 Å². The minimum Gasteiger partial charge on any atom is -0.461 e. The molecule has 1 rings (SSSR count). The van der Waals surface area contributed by atoms with Crippen molar-refractivity contribution < 1.29 is 23.4 Å². The third kappa shape index (κ3) is 2.48. The molecule has 0 fully saturated rings. The van der Waals surface area contributed by atoms with E-state index < -0.39 is 22.8 Å². The lowest BCUT2D eigenvalue weighted by molar-refractivity contribution is -0.210. The number of hydrogen-bond donors (Lipinski definition) is 1. The van der Waals surface area contributed by atoms with Gasteiger partial charge in [0.05, 0.1) is 6.61 Å². The molecule has 1 aromatic heterocycles. The summed E-state index contributed by atoms with van der Waals surface area (Å²) in [6.07, 6.45) is 1.27. The van der Waals surface area contributed by atoms with Crippen molar-refractivity contribution >= 4 is 33.2 Å². The number of halogens is 3. The highest BCUT2D eigenvalue weighted by atomic mass is 79.9. The molecule has 0 aromatic carbocycles. The zero-order valence-electron chi connectivity index (χ0n) is 8.82. The quantitative estimate of drug-likeness (QED) is 0.662. The maximum Gasteiger partial charge on any atom is 0.380 e. The zero-order valence-corrected chi connectivity index (χ0v) is 11.2. The maximum absolute atomic E-state index is 13.8. The highest BCUT2D eigenvalue weighted by Gasteiger charge is 2.61. The van der Waals surface area contributed by atoms with Crippen LogP contribution in [0.5, 0.6) is 0 Å². The largest absolute Gasteiger partial charge is 0.461 e. The summed E-state index contributed by atoms with van der Waals surface area (Å²) in [4.78, 5) is 14.8. The van der Waals surface area contributed by atoms with E-state index in [0.717, 1.165) is 11.3 Å². The summed E-state index contributed by atoms with van der Waals surface area (Å²) >= 11 is 3.62. The molecule has 4 nitrogen and oxygen atoms in total. The highest BCUT2D eigenvalue weighted by molar-refractivity contribution is 9.09. The molecule has 0 aliphatic rings. The van der Waals surface area contributed by atoms with Gasteiger partial charge in [-0.25, -0.2) is 9.78 Å². The average Bonchev–Trinajstić information content (AvgIpc) is 2.81. The van der Waals surface area contributed by atoms with Gasteiger partial charge in [-0.3, -0.25) is 0 Å². The van der Waals surface area contributed by atoms with Crippen LogP contribution in [0.15, 0.2) is 11.6 Å². The second-order valence-corrected chi connectivity index (χ2v) is 4.58. The van der Waals surface area contributed by atoms with Crippen LogP contribution in [0.2, 0.25) is 0 Å². The molecule has 0 radical (unpaired) electrons. The first kappa shape index (κ1) is 14.5. The van der Waals surface area contributed by atoms with Gasteiger partial charge >= 0.3 is 11.9 Å². The predicted molar refractivity (Wildman–Crippen MR) is 61.4 cm³/mol. The van der Waals surface area contributed by atoms with Crippen molar-refractivity contribution in [1.82, 2.24) is 4.98 Å². The molecular weight excluding hydrogens is 320 g/mol.